The Balaban J connectivity index is 2.93. The zero-order chi connectivity index (χ0) is 11.3. The van der Waals surface area contributed by atoms with Gasteiger partial charge in [-0.1, -0.05) is 32.4 Å². The number of rotatable bonds is 5. The molecule has 0 heterocycles. The van der Waals surface area contributed by atoms with E-state index in [9.17, 15) is 8.42 Å². The van der Waals surface area contributed by atoms with Crippen molar-refractivity contribution in [2.24, 2.45) is 0 Å². The highest BCUT2D eigenvalue weighted by atomic mass is 32.2. The molecule has 0 spiro atoms. The van der Waals surface area contributed by atoms with E-state index in [0.29, 0.717) is 4.90 Å². The Morgan fingerprint density at radius 3 is 2.53 bits per heavy atom. The van der Waals surface area contributed by atoms with Gasteiger partial charge in [-0.25, -0.2) is 8.42 Å². The Labute approximate surface area is 92.2 Å². The average Bonchev–Trinajstić information content (AvgIpc) is 2.27. The number of hydrogen-bond donors (Lipinski definition) is 0. The van der Waals surface area contributed by atoms with Gasteiger partial charge in [0, 0.05) is 0 Å². The van der Waals surface area contributed by atoms with Gasteiger partial charge in [0.2, 0.25) is 0 Å². The predicted molar refractivity (Wildman–Crippen MR) is 62.8 cm³/mol. The summed E-state index contributed by atoms with van der Waals surface area (Å²) in [5.74, 6) is 0.171. The average molecular weight is 226 g/mol. The molecule has 84 valence electrons. The molecule has 1 rings (SSSR count). The molecule has 0 aliphatic rings. The minimum atomic E-state index is -3.05. The van der Waals surface area contributed by atoms with E-state index in [2.05, 4.69) is 6.92 Å². The molecule has 0 aromatic heterocycles. The van der Waals surface area contributed by atoms with Gasteiger partial charge in [0.25, 0.3) is 0 Å². The van der Waals surface area contributed by atoms with E-state index in [1.165, 1.54) is 0 Å². The van der Waals surface area contributed by atoms with E-state index in [1.807, 2.05) is 12.1 Å². The maximum atomic E-state index is 11.6. The molecule has 0 aliphatic heterocycles. The van der Waals surface area contributed by atoms with Crippen molar-refractivity contribution in [2.45, 2.75) is 38.0 Å². The third kappa shape index (κ3) is 3.34. The predicted octanol–water partition coefficient (Wildman–Crippen LogP) is 2.82. The number of hydrogen-bond acceptors (Lipinski definition) is 2. The third-order valence-corrected chi connectivity index (χ3v) is 4.19. The van der Waals surface area contributed by atoms with Crippen molar-refractivity contribution >= 4 is 9.84 Å². The lowest BCUT2D eigenvalue weighted by molar-refractivity contribution is 0.597. The molecule has 0 saturated heterocycles. The second kappa shape index (κ2) is 5.31. The fourth-order valence-electron chi connectivity index (χ4n) is 1.44. The van der Waals surface area contributed by atoms with Crippen molar-refractivity contribution in [1.29, 1.82) is 0 Å². The van der Waals surface area contributed by atoms with E-state index >= 15 is 0 Å². The highest BCUT2D eigenvalue weighted by Gasteiger charge is 2.11. The number of benzene rings is 1. The zero-order valence-corrected chi connectivity index (χ0v) is 10.2. The molecule has 0 radical (unpaired) electrons. The molecule has 0 unspecified atom stereocenters. The van der Waals surface area contributed by atoms with Crippen LogP contribution in [0.3, 0.4) is 0 Å². The fraction of sp³-hybridized carbons (Fsp3) is 0.500. The van der Waals surface area contributed by atoms with Crippen LogP contribution in [0.5, 0.6) is 0 Å². The minimum absolute atomic E-state index is 0.171. The van der Waals surface area contributed by atoms with Gasteiger partial charge in [0.15, 0.2) is 9.84 Å². The Morgan fingerprint density at radius 1 is 1.20 bits per heavy atom. The SMILES string of the molecule is CCCCc1cccc(S(=O)(=O)CC)c1. The summed E-state index contributed by atoms with van der Waals surface area (Å²) in [7, 11) is -3.05. The molecular weight excluding hydrogens is 208 g/mol. The number of sulfone groups is 1. The van der Waals surface area contributed by atoms with Crippen LogP contribution in [0.25, 0.3) is 0 Å². The molecule has 1 aromatic carbocycles. The summed E-state index contributed by atoms with van der Waals surface area (Å²) in [6.07, 6.45) is 3.20. The van der Waals surface area contributed by atoms with Crippen LogP contribution in [0.4, 0.5) is 0 Å². The van der Waals surface area contributed by atoms with Gasteiger partial charge in [-0.15, -0.1) is 0 Å². The molecule has 0 bridgehead atoms. The molecular formula is C12H18O2S. The fourth-order valence-corrected chi connectivity index (χ4v) is 2.39. The van der Waals surface area contributed by atoms with Crippen molar-refractivity contribution in [3.63, 3.8) is 0 Å². The number of aryl methyl sites for hydroxylation is 1. The standard InChI is InChI=1S/C12H18O2S/c1-3-5-7-11-8-6-9-12(10-11)15(13,14)4-2/h6,8-10H,3-5,7H2,1-2H3. The Kier molecular flexibility index (Phi) is 4.33. The van der Waals surface area contributed by atoms with Gasteiger partial charge >= 0.3 is 0 Å². The topological polar surface area (TPSA) is 34.1 Å². The second-order valence-corrected chi connectivity index (χ2v) is 5.93. The van der Waals surface area contributed by atoms with Crippen molar-refractivity contribution in [3.05, 3.63) is 29.8 Å². The molecule has 0 amide bonds. The van der Waals surface area contributed by atoms with E-state index in [4.69, 9.17) is 0 Å². The normalized spacial score (nSPS) is 11.6. The van der Waals surface area contributed by atoms with Gasteiger partial charge in [-0.05, 0) is 30.5 Å². The van der Waals surface area contributed by atoms with Crippen LogP contribution < -0.4 is 0 Å². The van der Waals surface area contributed by atoms with Gasteiger partial charge in [-0.3, -0.25) is 0 Å². The largest absolute Gasteiger partial charge is 0.224 e. The second-order valence-electron chi connectivity index (χ2n) is 3.65. The molecule has 15 heavy (non-hydrogen) atoms. The molecule has 0 fully saturated rings. The third-order valence-electron chi connectivity index (χ3n) is 2.46. The van der Waals surface area contributed by atoms with Crippen molar-refractivity contribution in [3.8, 4) is 0 Å². The van der Waals surface area contributed by atoms with Crippen molar-refractivity contribution in [2.75, 3.05) is 5.75 Å². The van der Waals surface area contributed by atoms with E-state index in [-0.39, 0.29) is 5.75 Å². The van der Waals surface area contributed by atoms with Gasteiger partial charge in [0.1, 0.15) is 0 Å². The minimum Gasteiger partial charge on any atom is -0.224 e. The van der Waals surface area contributed by atoms with Crippen LogP contribution >= 0.6 is 0 Å². The molecule has 2 nitrogen and oxygen atoms in total. The van der Waals surface area contributed by atoms with Gasteiger partial charge in [-0.2, -0.15) is 0 Å². The summed E-state index contributed by atoms with van der Waals surface area (Å²) in [4.78, 5) is 0.457. The lowest BCUT2D eigenvalue weighted by atomic mass is 10.1. The molecule has 3 heteroatoms. The van der Waals surface area contributed by atoms with Crippen LogP contribution in [0.1, 0.15) is 32.3 Å². The highest BCUT2D eigenvalue weighted by molar-refractivity contribution is 7.91. The van der Waals surface area contributed by atoms with Crippen LogP contribution in [-0.4, -0.2) is 14.2 Å². The Bertz CT molecular complexity index is 407. The smallest absolute Gasteiger partial charge is 0.178 e. The van der Waals surface area contributed by atoms with Gasteiger partial charge in [0.05, 0.1) is 10.6 Å². The lowest BCUT2D eigenvalue weighted by Crippen LogP contribution is -2.04. The van der Waals surface area contributed by atoms with Crippen LogP contribution in [0.15, 0.2) is 29.2 Å². The highest BCUT2D eigenvalue weighted by Crippen LogP contribution is 2.14. The first-order chi connectivity index (χ1) is 7.10. The lowest BCUT2D eigenvalue weighted by Gasteiger charge is -2.04. The maximum absolute atomic E-state index is 11.6. The van der Waals surface area contributed by atoms with Crippen molar-refractivity contribution in [1.82, 2.24) is 0 Å². The van der Waals surface area contributed by atoms with Crippen LogP contribution in [0.2, 0.25) is 0 Å². The molecule has 0 atom stereocenters. The molecule has 0 aliphatic carbocycles. The summed E-state index contributed by atoms with van der Waals surface area (Å²) >= 11 is 0. The number of unbranched alkanes of at least 4 members (excludes halogenated alkanes) is 1. The van der Waals surface area contributed by atoms with Crippen LogP contribution in [0, 0.1) is 0 Å². The van der Waals surface area contributed by atoms with Gasteiger partial charge < -0.3 is 0 Å². The first-order valence-electron chi connectivity index (χ1n) is 5.42. The van der Waals surface area contributed by atoms with E-state index in [0.717, 1.165) is 24.8 Å². The summed E-state index contributed by atoms with van der Waals surface area (Å²) < 4.78 is 23.3. The first kappa shape index (κ1) is 12.2. The maximum Gasteiger partial charge on any atom is 0.178 e. The summed E-state index contributed by atoms with van der Waals surface area (Å²) in [5.41, 5.74) is 1.12. The Morgan fingerprint density at radius 2 is 1.93 bits per heavy atom. The van der Waals surface area contributed by atoms with E-state index < -0.39 is 9.84 Å². The molecule has 1 aromatic rings. The van der Waals surface area contributed by atoms with Crippen molar-refractivity contribution < 1.29 is 8.42 Å². The molecule has 0 saturated carbocycles. The quantitative estimate of drug-likeness (QED) is 0.773. The monoisotopic (exact) mass is 226 g/mol. The summed E-state index contributed by atoms with van der Waals surface area (Å²) in [6, 6.07) is 7.29. The molecule has 0 N–H and O–H groups in total. The summed E-state index contributed by atoms with van der Waals surface area (Å²) in [6.45, 7) is 3.81. The van der Waals surface area contributed by atoms with E-state index in [1.54, 1.807) is 19.1 Å². The first-order valence-corrected chi connectivity index (χ1v) is 7.07. The zero-order valence-electron chi connectivity index (χ0n) is 9.36. The summed E-state index contributed by atoms with van der Waals surface area (Å²) in [5, 5.41) is 0. The Hall–Kier alpha value is -0.830. The van der Waals surface area contributed by atoms with Crippen LogP contribution in [-0.2, 0) is 16.3 Å².